The zero-order chi connectivity index (χ0) is 13.9. The number of hydrogen-bond acceptors (Lipinski definition) is 4. The van der Waals surface area contributed by atoms with E-state index in [1.54, 1.807) is 0 Å². The molecule has 1 aromatic carbocycles. The van der Waals surface area contributed by atoms with Crippen molar-refractivity contribution >= 4 is 34.7 Å². The van der Waals surface area contributed by atoms with E-state index in [-0.39, 0.29) is 0 Å². The lowest BCUT2D eigenvalue weighted by atomic mass is 10.4. The molecule has 0 aliphatic heterocycles. The Morgan fingerprint density at radius 3 is 2.80 bits per heavy atom. The van der Waals surface area contributed by atoms with Gasteiger partial charge in [0.05, 0.1) is 11.4 Å². The third-order valence-electron chi connectivity index (χ3n) is 3.24. The highest BCUT2D eigenvalue weighted by atomic mass is 35.5. The first-order chi connectivity index (χ1) is 9.70. The molecule has 0 spiro atoms. The molecular weight excluding hydrogens is 308 g/mol. The van der Waals surface area contributed by atoms with Crippen LogP contribution in [0.4, 0.5) is 0 Å². The van der Waals surface area contributed by atoms with Crippen molar-refractivity contribution in [2.75, 3.05) is 0 Å². The van der Waals surface area contributed by atoms with Gasteiger partial charge >= 0.3 is 0 Å². The fraction of sp³-hybridized carbons (Fsp3) is 0.400. The molecule has 20 heavy (non-hydrogen) atoms. The van der Waals surface area contributed by atoms with E-state index < -0.39 is 0 Å². The Kier molecular flexibility index (Phi) is 4.66. The number of rotatable bonds is 6. The molecule has 0 atom stereocenters. The lowest BCUT2D eigenvalue weighted by Crippen LogP contribution is -2.14. The molecule has 106 valence electrons. The number of aromatic nitrogens is 1. The molecular formula is C15H17ClN2S2. The normalized spacial score (nSPS) is 14.7. The molecule has 1 heterocycles. The topological polar surface area (TPSA) is 24.9 Å². The van der Waals surface area contributed by atoms with Gasteiger partial charge in [-0.1, -0.05) is 11.6 Å². The van der Waals surface area contributed by atoms with Gasteiger partial charge < -0.3 is 5.32 Å². The molecule has 0 amide bonds. The highest BCUT2D eigenvalue weighted by Gasteiger charge is 2.21. The highest BCUT2D eigenvalue weighted by molar-refractivity contribution is 7.98. The molecule has 1 aromatic heterocycles. The lowest BCUT2D eigenvalue weighted by molar-refractivity contribution is 0.691. The van der Waals surface area contributed by atoms with E-state index in [0.29, 0.717) is 0 Å². The monoisotopic (exact) mass is 324 g/mol. The van der Waals surface area contributed by atoms with Crippen LogP contribution in [0.3, 0.4) is 0 Å². The van der Waals surface area contributed by atoms with Crippen LogP contribution in [0.25, 0.3) is 0 Å². The van der Waals surface area contributed by atoms with Gasteiger partial charge in [-0.15, -0.1) is 23.1 Å². The molecule has 0 radical (unpaired) electrons. The Morgan fingerprint density at radius 2 is 2.10 bits per heavy atom. The molecule has 0 bridgehead atoms. The number of thiazole rings is 1. The maximum absolute atomic E-state index is 5.89. The second-order valence-corrected chi connectivity index (χ2v) is 7.67. The number of hydrogen-bond donors (Lipinski definition) is 1. The molecule has 1 aliphatic carbocycles. The minimum absolute atomic E-state index is 0.753. The summed E-state index contributed by atoms with van der Waals surface area (Å²) in [6, 6.07) is 8.74. The molecule has 0 saturated heterocycles. The van der Waals surface area contributed by atoms with Crippen LogP contribution in [-0.4, -0.2) is 11.0 Å². The van der Waals surface area contributed by atoms with E-state index >= 15 is 0 Å². The molecule has 3 rings (SSSR count). The average molecular weight is 325 g/mol. The van der Waals surface area contributed by atoms with Gasteiger partial charge in [-0.2, -0.15) is 0 Å². The van der Waals surface area contributed by atoms with Crippen molar-refractivity contribution in [3.63, 3.8) is 0 Å². The van der Waals surface area contributed by atoms with Crippen molar-refractivity contribution in [2.45, 2.75) is 43.0 Å². The van der Waals surface area contributed by atoms with Gasteiger partial charge in [0.15, 0.2) is 0 Å². The van der Waals surface area contributed by atoms with E-state index in [1.165, 1.54) is 33.3 Å². The minimum atomic E-state index is 0.753. The van der Waals surface area contributed by atoms with E-state index in [1.807, 2.05) is 35.2 Å². The van der Waals surface area contributed by atoms with Crippen LogP contribution in [0.2, 0.25) is 5.02 Å². The molecule has 2 aromatic rings. The van der Waals surface area contributed by atoms with Crippen LogP contribution in [0.5, 0.6) is 0 Å². The summed E-state index contributed by atoms with van der Waals surface area (Å²) in [4.78, 5) is 7.29. The number of nitrogens with zero attached hydrogens (tertiary/aromatic N) is 1. The van der Waals surface area contributed by atoms with Crippen molar-refractivity contribution in [1.82, 2.24) is 10.3 Å². The van der Waals surface area contributed by atoms with Crippen LogP contribution in [0, 0.1) is 6.92 Å². The van der Waals surface area contributed by atoms with Gasteiger partial charge in [0.1, 0.15) is 5.01 Å². The summed E-state index contributed by atoms with van der Waals surface area (Å²) >= 11 is 9.53. The number of nitrogens with one attached hydrogen (secondary N) is 1. The van der Waals surface area contributed by atoms with Crippen molar-refractivity contribution in [3.8, 4) is 0 Å². The fourth-order valence-corrected chi connectivity index (χ4v) is 3.95. The van der Waals surface area contributed by atoms with Crippen LogP contribution in [0.15, 0.2) is 29.2 Å². The maximum Gasteiger partial charge on any atom is 0.103 e. The molecule has 5 heteroatoms. The molecule has 1 saturated carbocycles. The smallest absolute Gasteiger partial charge is 0.103 e. The Morgan fingerprint density at radius 1 is 1.35 bits per heavy atom. The predicted octanol–water partition coefficient (Wildman–Crippen LogP) is 4.65. The van der Waals surface area contributed by atoms with Crippen molar-refractivity contribution < 1.29 is 0 Å². The quantitative estimate of drug-likeness (QED) is 0.783. The van der Waals surface area contributed by atoms with E-state index in [4.69, 9.17) is 11.6 Å². The van der Waals surface area contributed by atoms with E-state index in [2.05, 4.69) is 29.4 Å². The number of aryl methyl sites for hydroxylation is 1. The number of benzene rings is 1. The standard InChI is InChI=1S/C15H17ClN2S2/c1-10-14(8-17-12-4-5-12)20-15(18-10)9-19-13-6-2-11(16)3-7-13/h2-3,6-7,12,17H,4-5,8-9H2,1H3. The van der Waals surface area contributed by atoms with Crippen molar-refractivity contribution in [1.29, 1.82) is 0 Å². The van der Waals surface area contributed by atoms with Crippen LogP contribution in [-0.2, 0) is 12.3 Å². The summed E-state index contributed by atoms with van der Waals surface area (Å²) in [6.07, 6.45) is 2.66. The highest BCUT2D eigenvalue weighted by Crippen LogP contribution is 2.28. The molecule has 2 nitrogen and oxygen atoms in total. The summed E-state index contributed by atoms with van der Waals surface area (Å²) in [7, 11) is 0. The largest absolute Gasteiger partial charge is 0.309 e. The van der Waals surface area contributed by atoms with Crippen LogP contribution < -0.4 is 5.32 Å². The summed E-state index contributed by atoms with van der Waals surface area (Å²) < 4.78 is 0. The van der Waals surface area contributed by atoms with Gasteiger partial charge in [0.25, 0.3) is 0 Å². The molecule has 0 unspecified atom stereocenters. The average Bonchev–Trinajstić information content (AvgIpc) is 3.20. The van der Waals surface area contributed by atoms with Crippen LogP contribution >= 0.6 is 34.7 Å². The van der Waals surface area contributed by atoms with E-state index in [0.717, 1.165) is 23.4 Å². The Hall–Kier alpha value is -0.550. The Bertz CT molecular complexity index is 576. The second kappa shape index (κ2) is 6.48. The second-order valence-electron chi connectivity index (χ2n) is 5.01. The number of thioether (sulfide) groups is 1. The first-order valence-electron chi connectivity index (χ1n) is 6.77. The molecule has 1 fully saturated rings. The lowest BCUT2D eigenvalue weighted by Gasteiger charge is -1.99. The predicted molar refractivity (Wildman–Crippen MR) is 87.7 cm³/mol. The Balaban J connectivity index is 1.56. The summed E-state index contributed by atoms with van der Waals surface area (Å²) in [6.45, 7) is 3.08. The summed E-state index contributed by atoms with van der Waals surface area (Å²) in [5.41, 5.74) is 1.18. The first-order valence-corrected chi connectivity index (χ1v) is 8.95. The Labute approximate surface area is 133 Å². The maximum atomic E-state index is 5.89. The summed E-state index contributed by atoms with van der Waals surface area (Å²) in [5.74, 6) is 0.927. The van der Waals surface area contributed by atoms with Gasteiger partial charge in [-0.25, -0.2) is 4.98 Å². The zero-order valence-corrected chi connectivity index (χ0v) is 13.7. The summed E-state index contributed by atoms with van der Waals surface area (Å²) in [5, 5.41) is 5.54. The van der Waals surface area contributed by atoms with Crippen molar-refractivity contribution in [2.24, 2.45) is 0 Å². The molecule has 1 aliphatic rings. The van der Waals surface area contributed by atoms with Gasteiger partial charge in [0, 0.05) is 27.4 Å². The van der Waals surface area contributed by atoms with Gasteiger partial charge in [0.2, 0.25) is 0 Å². The zero-order valence-electron chi connectivity index (χ0n) is 11.4. The SMILES string of the molecule is Cc1nc(CSc2ccc(Cl)cc2)sc1CNC1CC1. The third-order valence-corrected chi connectivity index (χ3v) is 5.86. The van der Waals surface area contributed by atoms with E-state index in [9.17, 15) is 0 Å². The minimum Gasteiger partial charge on any atom is -0.309 e. The van der Waals surface area contributed by atoms with Crippen molar-refractivity contribution in [3.05, 3.63) is 44.9 Å². The first kappa shape index (κ1) is 14.4. The van der Waals surface area contributed by atoms with Crippen LogP contribution in [0.1, 0.15) is 28.4 Å². The third kappa shape index (κ3) is 3.98. The number of halogens is 1. The fourth-order valence-electron chi connectivity index (χ4n) is 1.91. The molecule has 1 N–H and O–H groups in total. The van der Waals surface area contributed by atoms with Gasteiger partial charge in [-0.3, -0.25) is 0 Å². The van der Waals surface area contributed by atoms with Gasteiger partial charge in [-0.05, 0) is 44.0 Å².